The molecule has 8 nitrogen and oxygen atoms in total. The number of aromatic nitrogens is 1. The lowest BCUT2D eigenvalue weighted by atomic mass is 10.0. The third-order valence-corrected chi connectivity index (χ3v) is 9.42. The van der Waals surface area contributed by atoms with Crippen LogP contribution in [0.3, 0.4) is 0 Å². The molecule has 0 bridgehead atoms. The Labute approximate surface area is 229 Å². The van der Waals surface area contributed by atoms with Gasteiger partial charge in [0.1, 0.15) is 10.4 Å². The molecule has 1 unspecified atom stereocenters. The molecule has 0 aliphatic carbocycles. The minimum absolute atomic E-state index is 0.0494. The lowest BCUT2D eigenvalue weighted by molar-refractivity contribution is -0.138. The summed E-state index contributed by atoms with van der Waals surface area (Å²) in [5, 5.41) is -2.01. The van der Waals surface area contributed by atoms with Crippen LogP contribution in [0.15, 0.2) is 89.3 Å². The highest BCUT2D eigenvalue weighted by Crippen LogP contribution is 2.39. The van der Waals surface area contributed by atoms with Gasteiger partial charge in [-0.3, -0.25) is 4.79 Å². The van der Waals surface area contributed by atoms with Gasteiger partial charge >= 0.3 is 6.18 Å². The minimum atomic E-state index is -4.99. The van der Waals surface area contributed by atoms with Gasteiger partial charge in [0.25, 0.3) is 5.91 Å². The summed E-state index contributed by atoms with van der Waals surface area (Å²) in [6, 6.07) is 11.9. The topological polar surface area (TPSA) is 114 Å². The van der Waals surface area contributed by atoms with Gasteiger partial charge < -0.3 is 4.90 Å². The Morgan fingerprint density at radius 1 is 1.08 bits per heavy atom. The van der Waals surface area contributed by atoms with E-state index >= 15 is 0 Å². The average Bonchev–Trinajstić information content (AvgIpc) is 2.88. The molecule has 1 heterocycles. The molecular formula is C25H23ClF3N3O5S2. The highest BCUT2D eigenvalue weighted by Gasteiger charge is 2.39. The molecule has 2 aromatic carbocycles. The van der Waals surface area contributed by atoms with Crippen molar-refractivity contribution < 1.29 is 34.8 Å². The number of pyridine rings is 1. The molecule has 0 spiro atoms. The number of amides is 1. The second kappa shape index (κ2) is 11.9. The van der Waals surface area contributed by atoms with Gasteiger partial charge in [0, 0.05) is 26.3 Å². The fourth-order valence-electron chi connectivity index (χ4n) is 3.66. The lowest BCUT2D eigenvalue weighted by Crippen LogP contribution is -2.38. The van der Waals surface area contributed by atoms with Crippen LogP contribution < -0.4 is 4.72 Å². The number of nitrogens with zero attached hydrogens (tertiary/aromatic N) is 2. The van der Waals surface area contributed by atoms with E-state index < -0.39 is 53.2 Å². The van der Waals surface area contributed by atoms with Crippen LogP contribution in [0.5, 0.6) is 0 Å². The van der Waals surface area contributed by atoms with Gasteiger partial charge in [-0.1, -0.05) is 35.9 Å². The first-order chi connectivity index (χ1) is 18.2. The van der Waals surface area contributed by atoms with Crippen LogP contribution in [0.1, 0.15) is 26.7 Å². The van der Waals surface area contributed by atoms with Crippen molar-refractivity contribution in [2.75, 3.05) is 20.1 Å². The Morgan fingerprint density at radius 2 is 1.74 bits per heavy atom. The lowest BCUT2D eigenvalue weighted by Gasteiger charge is -2.22. The molecule has 39 heavy (non-hydrogen) atoms. The average molecular weight is 602 g/mol. The molecule has 0 saturated heterocycles. The molecule has 3 rings (SSSR count). The number of hydrogen-bond donors (Lipinski definition) is 1. The van der Waals surface area contributed by atoms with Crippen LogP contribution in [0.2, 0.25) is 5.15 Å². The first-order valence-electron chi connectivity index (χ1n) is 11.2. The van der Waals surface area contributed by atoms with E-state index in [1.807, 2.05) is 0 Å². The van der Waals surface area contributed by atoms with Crippen LogP contribution in [0.25, 0.3) is 0 Å². The summed E-state index contributed by atoms with van der Waals surface area (Å²) in [6.07, 6.45) is -2.83. The van der Waals surface area contributed by atoms with Crippen molar-refractivity contribution in [3.63, 3.8) is 0 Å². The summed E-state index contributed by atoms with van der Waals surface area (Å²) in [4.78, 5) is 16.8. The molecule has 3 aromatic rings. The number of hydrogen-bond acceptors (Lipinski definition) is 6. The van der Waals surface area contributed by atoms with Crippen molar-refractivity contribution in [1.82, 2.24) is 14.6 Å². The van der Waals surface area contributed by atoms with Crippen LogP contribution in [0.4, 0.5) is 13.2 Å². The van der Waals surface area contributed by atoms with Crippen molar-refractivity contribution >= 4 is 37.4 Å². The maximum Gasteiger partial charge on any atom is 0.416 e. The number of alkyl halides is 3. The van der Waals surface area contributed by atoms with Gasteiger partial charge in [-0.2, -0.15) is 13.2 Å². The van der Waals surface area contributed by atoms with E-state index in [2.05, 4.69) is 16.3 Å². The number of halogens is 4. The number of sulfone groups is 1. The highest BCUT2D eigenvalue weighted by molar-refractivity contribution is 7.91. The summed E-state index contributed by atoms with van der Waals surface area (Å²) in [5.74, 6) is -0.550. The molecule has 1 aromatic heterocycles. The number of carbonyl (C=O) groups is 1. The SMILES string of the molecule is C=CC(c1cc(S(=O)(=O)c2ccccc2)ccc1C(F)(F)F)S(=O)(=O)NCCN(C)C(=O)c1cccnc1Cl. The molecule has 1 atom stereocenters. The van der Waals surface area contributed by atoms with Crippen LogP contribution >= 0.6 is 11.6 Å². The van der Waals surface area contributed by atoms with Crippen molar-refractivity contribution in [2.24, 2.45) is 0 Å². The van der Waals surface area contributed by atoms with Crippen molar-refractivity contribution in [3.8, 4) is 0 Å². The van der Waals surface area contributed by atoms with E-state index in [4.69, 9.17) is 11.6 Å². The van der Waals surface area contributed by atoms with E-state index in [-0.39, 0.29) is 28.7 Å². The van der Waals surface area contributed by atoms with Gasteiger partial charge in [-0.15, -0.1) is 6.58 Å². The molecule has 1 amide bonds. The zero-order valence-electron chi connectivity index (χ0n) is 20.4. The molecule has 0 radical (unpaired) electrons. The first-order valence-corrected chi connectivity index (χ1v) is 14.6. The monoisotopic (exact) mass is 601 g/mol. The van der Waals surface area contributed by atoms with E-state index in [1.165, 1.54) is 49.6 Å². The van der Waals surface area contributed by atoms with E-state index in [0.29, 0.717) is 12.1 Å². The second-order valence-corrected chi connectivity index (χ2v) is 12.4. The predicted octanol–water partition coefficient (Wildman–Crippen LogP) is 4.51. The van der Waals surface area contributed by atoms with Gasteiger partial charge in [0.15, 0.2) is 0 Å². The van der Waals surface area contributed by atoms with Gasteiger partial charge in [0.05, 0.1) is 20.9 Å². The van der Waals surface area contributed by atoms with E-state index in [1.54, 1.807) is 6.07 Å². The molecule has 14 heteroatoms. The Hall–Kier alpha value is -3.26. The largest absolute Gasteiger partial charge is 0.416 e. The molecular weight excluding hydrogens is 579 g/mol. The van der Waals surface area contributed by atoms with Gasteiger partial charge in [-0.05, 0) is 48.0 Å². The Bertz CT molecular complexity index is 1580. The quantitative estimate of drug-likeness (QED) is 0.270. The second-order valence-electron chi connectivity index (χ2n) is 8.23. The summed E-state index contributed by atoms with van der Waals surface area (Å²) >= 11 is 5.92. The summed E-state index contributed by atoms with van der Waals surface area (Å²) in [6.45, 7) is 2.85. The number of likely N-dealkylation sites (N-methyl/N-ethyl adjacent to an activating group) is 1. The molecule has 0 fully saturated rings. The fourth-order valence-corrected chi connectivity index (χ4v) is 6.51. The smallest absolute Gasteiger partial charge is 0.340 e. The summed E-state index contributed by atoms with van der Waals surface area (Å²) < 4.78 is 96.1. The summed E-state index contributed by atoms with van der Waals surface area (Å²) in [7, 11) is -7.44. The molecule has 208 valence electrons. The zero-order chi connectivity index (χ0) is 29.0. The Kier molecular flexibility index (Phi) is 9.21. The maximum absolute atomic E-state index is 13.9. The first kappa shape index (κ1) is 30.3. The Morgan fingerprint density at radius 3 is 2.33 bits per heavy atom. The molecule has 1 N–H and O–H groups in total. The molecule has 0 saturated carbocycles. The maximum atomic E-state index is 13.9. The zero-order valence-corrected chi connectivity index (χ0v) is 22.8. The third kappa shape index (κ3) is 6.85. The number of carbonyl (C=O) groups excluding carboxylic acids is 1. The standard InChI is InChI=1S/C25H23ClF3N3O5S2/c1-3-22(39(36,37)31-14-15-32(2)24(33)19-10-7-13-30-23(19)26)20-16-18(11-12-21(20)25(27,28)29)38(34,35)17-8-5-4-6-9-17/h3-13,16,22,31H,1,14-15H2,2H3. The molecule has 0 aliphatic rings. The number of sulfonamides is 1. The third-order valence-electron chi connectivity index (χ3n) is 5.63. The van der Waals surface area contributed by atoms with E-state index in [9.17, 15) is 34.8 Å². The number of rotatable bonds is 10. The minimum Gasteiger partial charge on any atom is -0.340 e. The molecule has 0 aliphatic heterocycles. The van der Waals surface area contributed by atoms with Crippen molar-refractivity contribution in [2.45, 2.75) is 21.2 Å². The van der Waals surface area contributed by atoms with Gasteiger partial charge in [-0.25, -0.2) is 26.5 Å². The van der Waals surface area contributed by atoms with Crippen LogP contribution in [-0.2, 0) is 26.0 Å². The normalized spacial score (nSPS) is 13.1. The number of benzene rings is 2. The van der Waals surface area contributed by atoms with Crippen LogP contribution in [-0.4, -0.2) is 52.8 Å². The van der Waals surface area contributed by atoms with E-state index in [0.717, 1.165) is 17.0 Å². The van der Waals surface area contributed by atoms with Crippen molar-refractivity contribution in [3.05, 3.63) is 101 Å². The highest BCUT2D eigenvalue weighted by atomic mass is 35.5. The van der Waals surface area contributed by atoms with Crippen molar-refractivity contribution in [1.29, 1.82) is 0 Å². The predicted molar refractivity (Wildman–Crippen MR) is 139 cm³/mol. The Balaban J connectivity index is 1.91. The summed E-state index contributed by atoms with van der Waals surface area (Å²) in [5.41, 5.74) is -2.06. The fraction of sp³-hybridized carbons (Fsp3) is 0.200. The van der Waals surface area contributed by atoms with Gasteiger partial charge in [0.2, 0.25) is 19.9 Å². The van der Waals surface area contributed by atoms with Crippen LogP contribution in [0, 0.1) is 0 Å². The number of nitrogens with one attached hydrogen (secondary N) is 1.